The molecule has 0 aromatic carbocycles. The Morgan fingerprint density at radius 1 is 1.03 bits per heavy atom. The highest BCUT2D eigenvalue weighted by Gasteiger charge is 2.35. The number of halogens is 3. The molecule has 3 aromatic rings. The van der Waals surface area contributed by atoms with Crippen molar-refractivity contribution in [3.05, 3.63) is 12.4 Å². The van der Waals surface area contributed by atoms with Crippen LogP contribution in [0.4, 0.5) is 30.9 Å². The molecule has 3 N–H and O–H groups in total. The number of nitrogen functional groups attached to an aromatic ring is 1. The minimum Gasteiger partial charge on any atom is -0.378 e. The van der Waals surface area contributed by atoms with Crippen molar-refractivity contribution in [3.8, 4) is 11.4 Å². The number of nitrogens with one attached hydrogen (secondary N) is 1. The van der Waals surface area contributed by atoms with Gasteiger partial charge in [0.05, 0.1) is 18.8 Å². The zero-order valence-electron chi connectivity index (χ0n) is 19.5. The summed E-state index contributed by atoms with van der Waals surface area (Å²) in [7, 11) is 0. The quantitative estimate of drug-likeness (QED) is 0.553. The molecule has 2 atom stereocenters. The van der Waals surface area contributed by atoms with Crippen LogP contribution in [0.2, 0.25) is 0 Å². The molecule has 11 nitrogen and oxygen atoms in total. The first-order chi connectivity index (χ1) is 16.7. The molecule has 35 heavy (non-hydrogen) atoms. The number of fused-ring (bicyclic) bond motifs is 1. The molecule has 0 aliphatic carbocycles. The highest BCUT2D eigenvalue weighted by molar-refractivity contribution is 5.88. The van der Waals surface area contributed by atoms with Crippen LogP contribution in [0, 0.1) is 0 Å². The standard InChI is InChI=1S/C21H27F3N10O/c1-12-9-33(10-13(2)28-12)20-29-15-17(32-3-5-35-6-4-32)30-16(14-7-26-19(25)27-8-14)31-18(15)34(20)11-21(22,23)24/h7-8,12-13,28H,3-6,9-11H2,1-2H3,(H2,25,26,27)/t12-,13+. The van der Waals surface area contributed by atoms with E-state index in [0.29, 0.717) is 56.3 Å². The van der Waals surface area contributed by atoms with Gasteiger partial charge in [0.2, 0.25) is 11.9 Å². The van der Waals surface area contributed by atoms with E-state index in [1.165, 1.54) is 12.4 Å². The van der Waals surface area contributed by atoms with Crippen LogP contribution >= 0.6 is 0 Å². The Morgan fingerprint density at radius 3 is 2.31 bits per heavy atom. The number of imidazole rings is 1. The zero-order valence-corrected chi connectivity index (χ0v) is 19.5. The third kappa shape index (κ3) is 4.93. The van der Waals surface area contributed by atoms with Crippen molar-refractivity contribution in [2.45, 2.75) is 38.7 Å². The van der Waals surface area contributed by atoms with Crippen LogP contribution in [0.25, 0.3) is 22.6 Å². The SMILES string of the molecule is C[C@@H]1CN(c2nc3c(N4CCOCC4)nc(-c4cnc(N)nc4)nc3n2CC(F)(F)F)C[C@H](C)N1. The molecule has 0 saturated carbocycles. The third-order valence-electron chi connectivity index (χ3n) is 5.97. The van der Waals surface area contributed by atoms with Crippen molar-refractivity contribution in [1.82, 2.24) is 34.8 Å². The van der Waals surface area contributed by atoms with Gasteiger partial charge in [0.1, 0.15) is 6.54 Å². The lowest BCUT2D eigenvalue weighted by molar-refractivity contribution is -0.139. The predicted molar refractivity (Wildman–Crippen MR) is 124 cm³/mol. The van der Waals surface area contributed by atoms with Gasteiger partial charge in [0, 0.05) is 50.7 Å². The largest absolute Gasteiger partial charge is 0.406 e. The number of hydrogen-bond acceptors (Lipinski definition) is 10. The average Bonchev–Trinajstić information content (AvgIpc) is 3.16. The maximum absolute atomic E-state index is 13.8. The van der Waals surface area contributed by atoms with Crippen LogP contribution in [-0.4, -0.2) is 87.1 Å². The second kappa shape index (κ2) is 9.07. The topological polar surface area (TPSA) is 123 Å². The van der Waals surface area contributed by atoms with E-state index in [2.05, 4.69) is 20.3 Å². The zero-order chi connectivity index (χ0) is 24.7. The van der Waals surface area contributed by atoms with E-state index in [4.69, 9.17) is 20.4 Å². The molecule has 5 rings (SSSR count). The Bertz CT molecular complexity index is 1180. The number of nitrogens with zero attached hydrogens (tertiary/aromatic N) is 8. The maximum atomic E-state index is 13.8. The Balaban J connectivity index is 1.72. The fraction of sp³-hybridized carbons (Fsp3) is 0.571. The van der Waals surface area contributed by atoms with Crippen LogP contribution in [0.3, 0.4) is 0 Å². The summed E-state index contributed by atoms with van der Waals surface area (Å²) in [6, 6.07) is 0.176. The first-order valence-corrected chi connectivity index (χ1v) is 11.4. The number of morpholine rings is 1. The van der Waals surface area contributed by atoms with Crippen molar-refractivity contribution in [3.63, 3.8) is 0 Å². The molecule has 0 radical (unpaired) electrons. The highest BCUT2D eigenvalue weighted by atomic mass is 19.4. The Labute approximate surface area is 199 Å². The number of hydrogen-bond donors (Lipinski definition) is 2. The van der Waals surface area contributed by atoms with Crippen molar-refractivity contribution >= 4 is 28.9 Å². The molecular formula is C21H27F3N10O. The Kier molecular flexibility index (Phi) is 6.09. The summed E-state index contributed by atoms with van der Waals surface area (Å²) >= 11 is 0. The van der Waals surface area contributed by atoms with Crippen molar-refractivity contribution in [2.75, 3.05) is 54.9 Å². The van der Waals surface area contributed by atoms with Crippen molar-refractivity contribution in [1.29, 1.82) is 0 Å². The third-order valence-corrected chi connectivity index (χ3v) is 5.97. The summed E-state index contributed by atoms with van der Waals surface area (Å²) in [5, 5.41) is 3.40. The Hall–Kier alpha value is -3.26. The van der Waals surface area contributed by atoms with Crippen molar-refractivity contribution < 1.29 is 17.9 Å². The van der Waals surface area contributed by atoms with Gasteiger partial charge in [-0.15, -0.1) is 0 Å². The van der Waals surface area contributed by atoms with Gasteiger partial charge in [-0.1, -0.05) is 0 Å². The summed E-state index contributed by atoms with van der Waals surface area (Å²) in [5.41, 5.74) is 6.49. The molecule has 14 heteroatoms. The lowest BCUT2D eigenvalue weighted by atomic mass is 10.1. The smallest absolute Gasteiger partial charge is 0.378 e. The van der Waals surface area contributed by atoms with Crippen LogP contribution in [0.15, 0.2) is 12.4 Å². The van der Waals surface area contributed by atoms with Crippen LogP contribution in [-0.2, 0) is 11.3 Å². The highest BCUT2D eigenvalue weighted by Crippen LogP contribution is 2.33. The molecule has 188 valence electrons. The summed E-state index contributed by atoms with van der Waals surface area (Å²) in [5.74, 6) is 0.973. The molecule has 2 fully saturated rings. The molecule has 2 aliphatic rings. The second-order valence-electron chi connectivity index (χ2n) is 8.96. The summed E-state index contributed by atoms with van der Waals surface area (Å²) in [6.45, 7) is 5.84. The minimum absolute atomic E-state index is 0.0783. The molecule has 3 aromatic heterocycles. The number of aromatic nitrogens is 6. The number of ether oxygens (including phenoxy) is 1. The van der Waals surface area contributed by atoms with Gasteiger partial charge >= 0.3 is 6.18 Å². The van der Waals surface area contributed by atoms with E-state index in [-0.39, 0.29) is 35.5 Å². The second-order valence-corrected chi connectivity index (χ2v) is 8.96. The minimum atomic E-state index is -4.47. The first-order valence-electron chi connectivity index (χ1n) is 11.4. The van der Waals surface area contributed by atoms with E-state index in [1.807, 2.05) is 23.6 Å². The lowest BCUT2D eigenvalue weighted by Crippen LogP contribution is -2.55. The normalized spacial score (nSPS) is 21.6. The number of anilines is 3. The van der Waals surface area contributed by atoms with Gasteiger partial charge in [-0.05, 0) is 13.8 Å². The average molecular weight is 493 g/mol. The lowest BCUT2D eigenvalue weighted by Gasteiger charge is -2.37. The van der Waals surface area contributed by atoms with Gasteiger partial charge in [-0.25, -0.2) is 24.9 Å². The van der Waals surface area contributed by atoms with Gasteiger partial charge in [0.25, 0.3) is 0 Å². The maximum Gasteiger partial charge on any atom is 0.406 e. The van der Waals surface area contributed by atoms with Gasteiger partial charge < -0.3 is 25.6 Å². The van der Waals surface area contributed by atoms with Gasteiger partial charge in [-0.3, -0.25) is 4.57 Å². The molecule has 0 bridgehead atoms. The van der Waals surface area contributed by atoms with E-state index in [1.54, 1.807) is 0 Å². The van der Waals surface area contributed by atoms with Crippen molar-refractivity contribution in [2.24, 2.45) is 0 Å². The number of piperazine rings is 1. The monoisotopic (exact) mass is 492 g/mol. The Morgan fingerprint density at radius 2 is 1.69 bits per heavy atom. The van der Waals surface area contributed by atoms with Gasteiger partial charge in [0.15, 0.2) is 22.8 Å². The van der Waals surface area contributed by atoms with Gasteiger partial charge in [-0.2, -0.15) is 13.2 Å². The number of rotatable bonds is 4. The molecule has 2 aliphatic heterocycles. The molecular weight excluding hydrogens is 465 g/mol. The van der Waals surface area contributed by atoms with Crippen LogP contribution < -0.4 is 20.9 Å². The fourth-order valence-corrected chi connectivity index (χ4v) is 4.61. The number of alkyl halides is 3. The van der Waals surface area contributed by atoms with E-state index in [9.17, 15) is 13.2 Å². The molecule has 5 heterocycles. The molecule has 0 unspecified atom stereocenters. The van der Waals surface area contributed by atoms with Crippen LogP contribution in [0.1, 0.15) is 13.8 Å². The molecule has 0 spiro atoms. The van der Waals surface area contributed by atoms with E-state index < -0.39 is 12.7 Å². The fourth-order valence-electron chi connectivity index (χ4n) is 4.61. The molecule has 0 amide bonds. The summed E-state index contributed by atoms with van der Waals surface area (Å²) < 4.78 is 48.0. The van der Waals surface area contributed by atoms with E-state index >= 15 is 0 Å². The molecule has 2 saturated heterocycles. The first kappa shape index (κ1) is 23.5. The summed E-state index contributed by atoms with van der Waals surface area (Å²) in [6.07, 6.45) is -1.56. The van der Waals surface area contributed by atoms with E-state index in [0.717, 1.165) is 4.57 Å². The predicted octanol–water partition coefficient (Wildman–Crippen LogP) is 1.45. The number of nitrogens with two attached hydrogens (primary N) is 1. The summed E-state index contributed by atoms with van der Waals surface area (Å²) in [4.78, 5) is 25.8. The van der Waals surface area contributed by atoms with Crippen LogP contribution in [0.5, 0.6) is 0 Å².